The minimum atomic E-state index is -0.571. The van der Waals surface area contributed by atoms with Gasteiger partial charge < -0.3 is 16.2 Å². The van der Waals surface area contributed by atoms with E-state index < -0.39 is 5.97 Å². The van der Waals surface area contributed by atoms with Crippen molar-refractivity contribution in [3.8, 4) is 6.07 Å². The second-order valence-electron chi connectivity index (χ2n) is 2.59. The molecule has 0 bridgehead atoms. The van der Waals surface area contributed by atoms with E-state index in [1.54, 1.807) is 0 Å². The number of hydrogen-bond acceptors (Lipinski definition) is 5. The Labute approximate surface area is 80.9 Å². The molecular formula is C9H9N3O2. The van der Waals surface area contributed by atoms with Crippen LogP contribution in [0.1, 0.15) is 15.9 Å². The lowest BCUT2D eigenvalue weighted by molar-refractivity contribution is 0.0602. The fourth-order valence-corrected chi connectivity index (χ4v) is 1.02. The van der Waals surface area contributed by atoms with Gasteiger partial charge in [0, 0.05) is 0 Å². The van der Waals surface area contributed by atoms with Gasteiger partial charge in [0.15, 0.2) is 0 Å². The number of rotatable bonds is 1. The largest absolute Gasteiger partial charge is 0.465 e. The van der Waals surface area contributed by atoms with Crippen LogP contribution in [0.25, 0.3) is 0 Å². The predicted octanol–water partition coefficient (Wildman–Crippen LogP) is 0.509. The van der Waals surface area contributed by atoms with Crippen molar-refractivity contribution in [3.63, 3.8) is 0 Å². The lowest BCUT2D eigenvalue weighted by Gasteiger charge is -2.06. The molecule has 0 spiro atoms. The average Bonchev–Trinajstić information content (AvgIpc) is 2.21. The first-order chi connectivity index (χ1) is 6.61. The van der Waals surface area contributed by atoms with E-state index in [9.17, 15) is 4.79 Å². The van der Waals surface area contributed by atoms with Gasteiger partial charge in [-0.05, 0) is 12.1 Å². The second-order valence-corrected chi connectivity index (χ2v) is 2.59. The van der Waals surface area contributed by atoms with Crippen molar-refractivity contribution in [2.24, 2.45) is 0 Å². The van der Waals surface area contributed by atoms with Crippen LogP contribution in [0.3, 0.4) is 0 Å². The summed E-state index contributed by atoms with van der Waals surface area (Å²) in [7, 11) is 1.25. The van der Waals surface area contributed by atoms with Gasteiger partial charge in [0.1, 0.15) is 6.07 Å². The summed E-state index contributed by atoms with van der Waals surface area (Å²) in [6.07, 6.45) is 0. The monoisotopic (exact) mass is 191 g/mol. The number of nitriles is 1. The molecule has 14 heavy (non-hydrogen) atoms. The highest BCUT2D eigenvalue weighted by Crippen LogP contribution is 2.24. The fourth-order valence-electron chi connectivity index (χ4n) is 1.02. The SMILES string of the molecule is COC(=O)c1ccc(C#N)c(N)c1N. The zero-order valence-electron chi connectivity index (χ0n) is 7.57. The molecule has 0 saturated heterocycles. The summed E-state index contributed by atoms with van der Waals surface area (Å²) >= 11 is 0. The summed E-state index contributed by atoms with van der Waals surface area (Å²) in [5.41, 5.74) is 11.7. The average molecular weight is 191 g/mol. The molecule has 0 aliphatic heterocycles. The molecule has 0 atom stereocenters. The lowest BCUT2D eigenvalue weighted by atomic mass is 10.1. The molecule has 1 aromatic rings. The number of carbonyl (C=O) groups excluding carboxylic acids is 1. The van der Waals surface area contributed by atoms with E-state index in [0.29, 0.717) is 0 Å². The Kier molecular flexibility index (Phi) is 2.58. The van der Waals surface area contributed by atoms with Crippen molar-refractivity contribution in [2.45, 2.75) is 0 Å². The van der Waals surface area contributed by atoms with Crippen molar-refractivity contribution in [1.29, 1.82) is 5.26 Å². The third-order valence-corrected chi connectivity index (χ3v) is 1.81. The number of carbonyl (C=O) groups is 1. The molecule has 72 valence electrons. The minimum absolute atomic E-state index is 0.0795. The van der Waals surface area contributed by atoms with E-state index in [4.69, 9.17) is 16.7 Å². The van der Waals surface area contributed by atoms with Crippen LogP contribution in [0, 0.1) is 11.3 Å². The van der Waals surface area contributed by atoms with Crippen LogP contribution >= 0.6 is 0 Å². The molecule has 0 radical (unpaired) electrons. The van der Waals surface area contributed by atoms with Gasteiger partial charge in [-0.2, -0.15) is 5.26 Å². The highest BCUT2D eigenvalue weighted by Gasteiger charge is 2.14. The van der Waals surface area contributed by atoms with E-state index in [1.165, 1.54) is 19.2 Å². The number of benzene rings is 1. The Morgan fingerprint density at radius 1 is 1.43 bits per heavy atom. The topological polar surface area (TPSA) is 102 Å². The number of nitrogens with two attached hydrogens (primary N) is 2. The molecule has 0 amide bonds. The van der Waals surface area contributed by atoms with Crippen LogP contribution in [0.2, 0.25) is 0 Å². The normalized spacial score (nSPS) is 9.14. The standard InChI is InChI=1S/C9H9N3O2/c1-14-9(13)6-3-2-5(4-10)7(11)8(6)12/h2-3H,11-12H2,1H3. The maximum atomic E-state index is 11.1. The Bertz CT molecular complexity index is 421. The zero-order chi connectivity index (χ0) is 10.7. The van der Waals surface area contributed by atoms with E-state index >= 15 is 0 Å². The second kappa shape index (κ2) is 3.66. The van der Waals surface area contributed by atoms with Crippen LogP contribution in [-0.4, -0.2) is 13.1 Å². The van der Waals surface area contributed by atoms with Crippen LogP contribution < -0.4 is 11.5 Å². The third kappa shape index (κ3) is 1.45. The van der Waals surface area contributed by atoms with Crippen molar-refractivity contribution in [2.75, 3.05) is 18.6 Å². The first kappa shape index (κ1) is 9.86. The first-order valence-corrected chi connectivity index (χ1v) is 3.78. The first-order valence-electron chi connectivity index (χ1n) is 3.78. The van der Waals surface area contributed by atoms with Crippen molar-refractivity contribution in [1.82, 2.24) is 0 Å². The predicted molar refractivity (Wildman–Crippen MR) is 51.3 cm³/mol. The summed E-state index contributed by atoms with van der Waals surface area (Å²) in [6, 6.07) is 4.70. The molecule has 0 heterocycles. The third-order valence-electron chi connectivity index (χ3n) is 1.81. The minimum Gasteiger partial charge on any atom is -0.465 e. The lowest BCUT2D eigenvalue weighted by Crippen LogP contribution is -2.08. The number of esters is 1. The molecule has 4 N–H and O–H groups in total. The van der Waals surface area contributed by atoms with Crippen molar-refractivity contribution in [3.05, 3.63) is 23.3 Å². The van der Waals surface area contributed by atoms with E-state index in [2.05, 4.69) is 4.74 Å². The highest BCUT2D eigenvalue weighted by molar-refractivity contribution is 5.98. The van der Waals surface area contributed by atoms with Crippen LogP contribution in [-0.2, 0) is 4.74 Å². The van der Waals surface area contributed by atoms with Crippen LogP contribution in [0.15, 0.2) is 12.1 Å². The van der Waals surface area contributed by atoms with Gasteiger partial charge in [-0.1, -0.05) is 0 Å². The molecule has 1 aromatic carbocycles. The number of nitrogens with zero attached hydrogens (tertiary/aromatic N) is 1. The van der Waals surface area contributed by atoms with E-state index in [0.717, 1.165) is 0 Å². The number of methoxy groups -OCH3 is 1. The highest BCUT2D eigenvalue weighted by atomic mass is 16.5. The molecular weight excluding hydrogens is 182 g/mol. The van der Waals surface area contributed by atoms with Crippen LogP contribution in [0.4, 0.5) is 11.4 Å². The van der Waals surface area contributed by atoms with E-state index in [-0.39, 0.29) is 22.5 Å². The van der Waals surface area contributed by atoms with Gasteiger partial charge in [-0.3, -0.25) is 0 Å². The Morgan fingerprint density at radius 3 is 2.57 bits per heavy atom. The number of anilines is 2. The van der Waals surface area contributed by atoms with Gasteiger partial charge in [-0.15, -0.1) is 0 Å². The number of ether oxygens (including phenoxy) is 1. The quantitative estimate of drug-likeness (QED) is 0.497. The van der Waals surface area contributed by atoms with Gasteiger partial charge in [0.25, 0.3) is 0 Å². The molecule has 1 rings (SSSR count). The fraction of sp³-hybridized carbons (Fsp3) is 0.111. The van der Waals surface area contributed by atoms with Crippen molar-refractivity contribution >= 4 is 17.3 Å². The summed E-state index contributed by atoms with van der Waals surface area (Å²) in [6.45, 7) is 0. The van der Waals surface area contributed by atoms with Gasteiger partial charge in [-0.25, -0.2) is 4.79 Å². The summed E-state index contributed by atoms with van der Waals surface area (Å²) in [5, 5.41) is 8.63. The molecule has 5 heteroatoms. The molecule has 0 saturated carbocycles. The van der Waals surface area contributed by atoms with Gasteiger partial charge >= 0.3 is 5.97 Å². The molecule has 0 unspecified atom stereocenters. The summed E-state index contributed by atoms with van der Waals surface area (Å²) in [4.78, 5) is 11.1. The van der Waals surface area contributed by atoms with Crippen molar-refractivity contribution < 1.29 is 9.53 Å². The maximum absolute atomic E-state index is 11.1. The molecule has 0 aromatic heterocycles. The number of hydrogen-bond donors (Lipinski definition) is 2. The zero-order valence-corrected chi connectivity index (χ0v) is 7.57. The summed E-state index contributed by atoms with van der Waals surface area (Å²) in [5.74, 6) is -0.571. The van der Waals surface area contributed by atoms with E-state index in [1.807, 2.05) is 6.07 Å². The molecule has 5 nitrogen and oxygen atoms in total. The van der Waals surface area contributed by atoms with Gasteiger partial charge in [0.2, 0.25) is 0 Å². The molecule has 0 fully saturated rings. The molecule has 0 aliphatic rings. The van der Waals surface area contributed by atoms with Crippen LogP contribution in [0.5, 0.6) is 0 Å². The Hall–Kier alpha value is -2.22. The smallest absolute Gasteiger partial charge is 0.340 e. The van der Waals surface area contributed by atoms with Gasteiger partial charge in [0.05, 0.1) is 29.6 Å². The molecule has 0 aliphatic carbocycles. The Balaban J connectivity index is 3.33. The number of nitrogen functional groups attached to an aromatic ring is 2. The summed E-state index contributed by atoms with van der Waals surface area (Å²) < 4.78 is 4.49. The maximum Gasteiger partial charge on any atom is 0.340 e. The Morgan fingerprint density at radius 2 is 2.07 bits per heavy atom.